The van der Waals surface area contributed by atoms with E-state index in [1.807, 2.05) is 0 Å². The molecule has 1 aliphatic rings. The van der Waals surface area contributed by atoms with Gasteiger partial charge in [0.1, 0.15) is 0 Å². The van der Waals surface area contributed by atoms with Crippen molar-refractivity contribution < 1.29 is 0 Å². The van der Waals surface area contributed by atoms with Crippen molar-refractivity contribution >= 4 is 49.6 Å². The lowest BCUT2D eigenvalue weighted by atomic mass is 9.67. The Balaban J connectivity index is 0.966. The van der Waals surface area contributed by atoms with Crippen molar-refractivity contribution in [3.63, 3.8) is 0 Å². The van der Waals surface area contributed by atoms with E-state index in [-0.39, 0.29) is 10.8 Å². The minimum Gasteiger partial charge on any atom is -0.309 e. The summed E-state index contributed by atoms with van der Waals surface area (Å²) in [6.07, 6.45) is 0. The van der Waals surface area contributed by atoms with Crippen molar-refractivity contribution in [1.29, 1.82) is 0 Å². The van der Waals surface area contributed by atoms with Crippen LogP contribution in [-0.2, 0) is 16.2 Å². The second-order valence-electron chi connectivity index (χ2n) is 25.6. The third kappa shape index (κ3) is 8.93. The van der Waals surface area contributed by atoms with E-state index in [1.54, 1.807) is 0 Å². The van der Waals surface area contributed by atoms with Crippen molar-refractivity contribution in [3.8, 4) is 61.3 Å². The molecule has 13 aromatic carbocycles. The molecule has 2 nitrogen and oxygen atoms in total. The Hall–Kier alpha value is -10.3. The minimum atomic E-state index is -0.553. The molecular formula is C85H68N2. The summed E-state index contributed by atoms with van der Waals surface area (Å²) >= 11 is 0. The zero-order valence-corrected chi connectivity index (χ0v) is 50.3. The Bertz CT molecular complexity index is 4840. The van der Waals surface area contributed by atoms with Crippen molar-refractivity contribution in [2.24, 2.45) is 0 Å². The van der Waals surface area contributed by atoms with Gasteiger partial charge in [-0.05, 0) is 142 Å². The topological polar surface area (TPSA) is 8.17 Å². The molecule has 2 heteroatoms. The molecule has 1 aliphatic carbocycles. The van der Waals surface area contributed by atoms with Crippen molar-refractivity contribution in [3.05, 3.63) is 337 Å². The molecule has 0 saturated carbocycles. The standard InChI is InChI=1S/C85H68N2/c1-83(2,3)63-53-60(54-64(56-63)84(4,5)6)68-39-24-27-58-28-25-41-74(81(58)68)72-37-18-22-45-79(72)86(66-50-47-57(48-51-66)69-40-26-42-75-73-38-19-23-46-80(73)87(82(69)75)65-33-14-9-15-34-65)78-44-21-17-35-67(78)59-49-52-71-70-36-16-20-43-76(70)85(77(71)55-59,61-29-10-7-11-30-61)62-31-12-8-13-32-62/h7-56H,1-6H3. The molecule has 87 heavy (non-hydrogen) atoms. The first-order chi connectivity index (χ1) is 42.4. The van der Waals surface area contributed by atoms with Crippen molar-refractivity contribution in [2.45, 2.75) is 57.8 Å². The van der Waals surface area contributed by atoms with Gasteiger partial charge in [0.15, 0.2) is 0 Å². The SMILES string of the molecule is CC(C)(C)c1cc(-c2cccc3cccc(-c4ccccc4N(c4ccc(-c5cccc6c7ccccc7n(-c7ccccc7)c56)cc4)c4ccccc4-c4ccc5c(c4)C(c4ccccc4)(c4ccccc4)c4ccccc4-5)c23)cc(C(C)(C)C)c1. The van der Waals surface area contributed by atoms with Gasteiger partial charge in [0.2, 0.25) is 0 Å². The second-order valence-corrected chi connectivity index (χ2v) is 25.6. The average Bonchev–Trinajstić information content (AvgIpc) is 1.63. The summed E-state index contributed by atoms with van der Waals surface area (Å²) < 4.78 is 2.44. The van der Waals surface area contributed by atoms with Crippen LogP contribution in [0.15, 0.2) is 303 Å². The van der Waals surface area contributed by atoms with Crippen LogP contribution in [-0.4, -0.2) is 4.57 Å². The van der Waals surface area contributed by atoms with Crippen LogP contribution in [0.4, 0.5) is 17.1 Å². The lowest BCUT2D eigenvalue weighted by molar-refractivity contribution is 0.569. The first-order valence-electron chi connectivity index (χ1n) is 30.7. The van der Waals surface area contributed by atoms with E-state index in [4.69, 9.17) is 0 Å². The third-order valence-corrected chi connectivity index (χ3v) is 18.4. The number of anilines is 3. The highest BCUT2D eigenvalue weighted by atomic mass is 15.1. The maximum Gasteiger partial charge on any atom is 0.0713 e. The molecule has 14 aromatic rings. The van der Waals surface area contributed by atoms with E-state index in [0.29, 0.717) is 0 Å². The molecule has 0 fully saturated rings. The summed E-state index contributed by atoms with van der Waals surface area (Å²) in [6, 6.07) is 113. The fourth-order valence-corrected chi connectivity index (χ4v) is 14.2. The summed E-state index contributed by atoms with van der Waals surface area (Å²) in [4.78, 5) is 2.53. The molecule has 1 aromatic heterocycles. The Morgan fingerprint density at radius 3 is 1.48 bits per heavy atom. The average molecular weight is 1120 g/mol. The monoisotopic (exact) mass is 1120 g/mol. The van der Waals surface area contributed by atoms with Crippen molar-refractivity contribution in [2.75, 3.05) is 4.90 Å². The van der Waals surface area contributed by atoms with E-state index >= 15 is 0 Å². The number of aromatic nitrogens is 1. The Labute approximate surface area is 512 Å². The van der Waals surface area contributed by atoms with Gasteiger partial charge >= 0.3 is 0 Å². The van der Waals surface area contributed by atoms with E-state index in [2.05, 4.69) is 354 Å². The summed E-state index contributed by atoms with van der Waals surface area (Å²) in [5.74, 6) is 0. The first kappa shape index (κ1) is 53.4. The van der Waals surface area contributed by atoms with Crippen LogP contribution < -0.4 is 4.90 Å². The lowest BCUT2D eigenvalue weighted by Gasteiger charge is -2.34. The van der Waals surface area contributed by atoms with Crippen LogP contribution in [0.5, 0.6) is 0 Å². The highest BCUT2D eigenvalue weighted by Crippen LogP contribution is 2.58. The van der Waals surface area contributed by atoms with E-state index in [1.165, 1.54) is 99.3 Å². The van der Waals surface area contributed by atoms with E-state index in [0.717, 1.165) is 45.0 Å². The van der Waals surface area contributed by atoms with Gasteiger partial charge in [-0.3, -0.25) is 0 Å². The van der Waals surface area contributed by atoms with Crippen LogP contribution in [0, 0.1) is 0 Å². The Kier molecular flexibility index (Phi) is 12.9. The van der Waals surface area contributed by atoms with Gasteiger partial charge in [-0.2, -0.15) is 0 Å². The van der Waals surface area contributed by atoms with E-state index in [9.17, 15) is 0 Å². The summed E-state index contributed by atoms with van der Waals surface area (Å²) in [5, 5.41) is 4.91. The maximum atomic E-state index is 2.53. The van der Waals surface area contributed by atoms with Gasteiger partial charge in [0.25, 0.3) is 0 Å². The Morgan fingerprint density at radius 1 is 0.322 bits per heavy atom. The van der Waals surface area contributed by atoms with Gasteiger partial charge in [-0.1, -0.05) is 296 Å². The maximum absolute atomic E-state index is 2.53. The van der Waals surface area contributed by atoms with Crippen LogP contribution in [0.25, 0.3) is 93.9 Å². The van der Waals surface area contributed by atoms with Gasteiger partial charge in [0, 0.05) is 38.8 Å². The smallest absolute Gasteiger partial charge is 0.0713 e. The number of hydrogen-bond acceptors (Lipinski definition) is 1. The molecule has 0 saturated heterocycles. The lowest BCUT2D eigenvalue weighted by Crippen LogP contribution is -2.28. The normalized spacial score (nSPS) is 12.8. The Morgan fingerprint density at radius 2 is 0.816 bits per heavy atom. The zero-order chi connectivity index (χ0) is 59.0. The fourth-order valence-electron chi connectivity index (χ4n) is 14.2. The number of benzene rings is 13. The van der Waals surface area contributed by atoms with Crippen LogP contribution in [0.3, 0.4) is 0 Å². The van der Waals surface area contributed by atoms with Gasteiger partial charge < -0.3 is 9.47 Å². The number of fused-ring (bicyclic) bond motifs is 7. The largest absolute Gasteiger partial charge is 0.309 e. The van der Waals surface area contributed by atoms with Crippen LogP contribution >= 0.6 is 0 Å². The van der Waals surface area contributed by atoms with Crippen LogP contribution in [0.2, 0.25) is 0 Å². The molecule has 1 heterocycles. The predicted octanol–water partition coefficient (Wildman–Crippen LogP) is 23.0. The van der Waals surface area contributed by atoms with Crippen LogP contribution in [0.1, 0.15) is 74.9 Å². The molecule has 0 amide bonds. The summed E-state index contributed by atoms with van der Waals surface area (Å²) in [6.45, 7) is 14.0. The van der Waals surface area contributed by atoms with E-state index < -0.39 is 5.41 Å². The zero-order valence-electron chi connectivity index (χ0n) is 50.3. The minimum absolute atomic E-state index is 0.0420. The molecule has 0 spiro atoms. The molecular weight excluding hydrogens is 1050 g/mol. The molecule has 0 bridgehead atoms. The third-order valence-electron chi connectivity index (χ3n) is 18.4. The van der Waals surface area contributed by atoms with Gasteiger partial charge in [0.05, 0.1) is 27.8 Å². The van der Waals surface area contributed by atoms with Crippen molar-refractivity contribution in [1.82, 2.24) is 4.57 Å². The number of hydrogen-bond donors (Lipinski definition) is 0. The molecule has 0 unspecified atom stereocenters. The first-order valence-corrected chi connectivity index (χ1v) is 30.7. The van der Waals surface area contributed by atoms with Gasteiger partial charge in [-0.25, -0.2) is 0 Å². The number of para-hydroxylation sites is 5. The molecule has 0 N–H and O–H groups in total. The highest BCUT2D eigenvalue weighted by Gasteiger charge is 2.46. The highest BCUT2D eigenvalue weighted by molar-refractivity contribution is 6.14. The second kappa shape index (κ2) is 21.0. The van der Waals surface area contributed by atoms with Gasteiger partial charge in [-0.15, -0.1) is 0 Å². The molecule has 15 rings (SSSR count). The molecule has 0 aliphatic heterocycles. The fraction of sp³-hybridized carbons (Fsp3) is 0.106. The molecule has 418 valence electrons. The summed E-state index contributed by atoms with van der Waals surface area (Å²) in [5.41, 5.74) is 25.8. The molecule has 0 radical (unpaired) electrons. The summed E-state index contributed by atoms with van der Waals surface area (Å²) in [7, 11) is 0. The molecule has 0 atom stereocenters. The number of rotatable bonds is 10. The quantitative estimate of drug-likeness (QED) is 0.132. The number of nitrogens with zero attached hydrogens (tertiary/aromatic N) is 2. The predicted molar refractivity (Wildman–Crippen MR) is 369 cm³/mol.